The molecule has 0 radical (unpaired) electrons. The molecule has 1 heterocycles. The summed E-state index contributed by atoms with van der Waals surface area (Å²) < 4.78 is 6.67. The normalized spacial score (nSPS) is 12.6. The largest absolute Gasteiger partial charge is 0.466 e. The van der Waals surface area contributed by atoms with Gasteiger partial charge in [-0.1, -0.05) is 25.1 Å². The van der Waals surface area contributed by atoms with Crippen molar-refractivity contribution in [3.8, 4) is 0 Å². The van der Waals surface area contributed by atoms with Crippen LogP contribution in [-0.4, -0.2) is 12.8 Å². The Morgan fingerprint density at radius 3 is 2.74 bits per heavy atom. The molecule has 0 aliphatic rings. The first-order chi connectivity index (χ1) is 9.27. The van der Waals surface area contributed by atoms with Gasteiger partial charge in [-0.25, -0.2) is 0 Å². The second kappa shape index (κ2) is 7.17. The van der Waals surface area contributed by atoms with Gasteiger partial charge in [-0.15, -0.1) is 11.8 Å². The maximum atomic E-state index is 5.66. The first-order valence-corrected chi connectivity index (χ1v) is 8.38. The van der Waals surface area contributed by atoms with Crippen LogP contribution in [-0.2, 0) is 0 Å². The Hall–Kier alpha value is -0.710. The number of halogens is 1. The van der Waals surface area contributed by atoms with E-state index in [9.17, 15) is 0 Å². The number of hydrogen-bond acceptors (Lipinski definition) is 3. The van der Waals surface area contributed by atoms with E-state index in [4.69, 9.17) is 4.42 Å². The molecule has 2 rings (SSSR count). The van der Waals surface area contributed by atoms with Crippen molar-refractivity contribution in [1.29, 1.82) is 0 Å². The summed E-state index contributed by atoms with van der Waals surface area (Å²) in [7, 11) is 0. The molecule has 1 aromatic heterocycles. The Labute approximate surface area is 127 Å². The standard InChI is InChI=1S/C15H18BrNOS/c1-3-9-17-14(15-12(16)8-10-18-15)11-6-4-5-7-13(11)19-2/h4-8,10,14,17H,3,9H2,1-2H3. The zero-order valence-electron chi connectivity index (χ0n) is 11.2. The smallest absolute Gasteiger partial charge is 0.139 e. The van der Waals surface area contributed by atoms with E-state index in [1.54, 1.807) is 18.0 Å². The van der Waals surface area contributed by atoms with Crippen LogP contribution in [0.15, 0.2) is 50.4 Å². The fourth-order valence-corrected chi connectivity index (χ4v) is 3.12. The summed E-state index contributed by atoms with van der Waals surface area (Å²) in [6, 6.07) is 10.5. The zero-order valence-corrected chi connectivity index (χ0v) is 13.6. The average Bonchev–Trinajstić information content (AvgIpc) is 2.86. The molecule has 1 aromatic carbocycles. The molecular formula is C15H18BrNOS. The van der Waals surface area contributed by atoms with Crippen LogP contribution < -0.4 is 5.32 Å². The lowest BCUT2D eigenvalue weighted by atomic mass is 10.0. The van der Waals surface area contributed by atoms with Crippen LogP contribution in [0.25, 0.3) is 0 Å². The number of nitrogens with one attached hydrogen (secondary N) is 1. The van der Waals surface area contributed by atoms with Crippen molar-refractivity contribution >= 4 is 27.7 Å². The Morgan fingerprint density at radius 2 is 2.11 bits per heavy atom. The molecular weight excluding hydrogens is 322 g/mol. The quantitative estimate of drug-likeness (QED) is 0.761. The predicted octanol–water partition coefficient (Wildman–Crippen LogP) is 4.85. The number of furan rings is 1. The lowest BCUT2D eigenvalue weighted by Gasteiger charge is -2.20. The third-order valence-electron chi connectivity index (χ3n) is 2.96. The Kier molecular flexibility index (Phi) is 5.55. The average molecular weight is 340 g/mol. The maximum Gasteiger partial charge on any atom is 0.139 e. The third-order valence-corrected chi connectivity index (χ3v) is 4.42. The highest BCUT2D eigenvalue weighted by Gasteiger charge is 2.21. The second-order valence-electron chi connectivity index (χ2n) is 4.26. The molecule has 1 unspecified atom stereocenters. The molecule has 0 amide bonds. The van der Waals surface area contributed by atoms with Crippen LogP contribution in [0.1, 0.15) is 30.7 Å². The van der Waals surface area contributed by atoms with Crippen molar-refractivity contribution in [2.24, 2.45) is 0 Å². The molecule has 19 heavy (non-hydrogen) atoms. The summed E-state index contributed by atoms with van der Waals surface area (Å²) in [4.78, 5) is 1.28. The van der Waals surface area contributed by atoms with Crippen molar-refractivity contribution in [3.05, 3.63) is 52.4 Å². The highest BCUT2D eigenvalue weighted by molar-refractivity contribution is 9.10. The number of hydrogen-bond donors (Lipinski definition) is 1. The number of benzene rings is 1. The van der Waals surface area contributed by atoms with Gasteiger partial charge in [-0.05, 0) is 52.8 Å². The van der Waals surface area contributed by atoms with Crippen LogP contribution in [0, 0.1) is 0 Å². The highest BCUT2D eigenvalue weighted by atomic mass is 79.9. The monoisotopic (exact) mass is 339 g/mol. The van der Waals surface area contributed by atoms with Gasteiger partial charge in [0.05, 0.1) is 16.8 Å². The van der Waals surface area contributed by atoms with Gasteiger partial charge < -0.3 is 9.73 Å². The van der Waals surface area contributed by atoms with E-state index in [2.05, 4.69) is 58.7 Å². The second-order valence-corrected chi connectivity index (χ2v) is 5.96. The van der Waals surface area contributed by atoms with Gasteiger partial charge in [0.25, 0.3) is 0 Å². The van der Waals surface area contributed by atoms with Gasteiger partial charge in [0, 0.05) is 4.90 Å². The van der Waals surface area contributed by atoms with Crippen molar-refractivity contribution in [2.45, 2.75) is 24.3 Å². The van der Waals surface area contributed by atoms with Gasteiger partial charge in [0.2, 0.25) is 0 Å². The van der Waals surface area contributed by atoms with E-state index in [1.165, 1.54) is 10.5 Å². The number of thioether (sulfide) groups is 1. The topological polar surface area (TPSA) is 25.2 Å². The van der Waals surface area contributed by atoms with Gasteiger partial charge in [0.15, 0.2) is 0 Å². The van der Waals surface area contributed by atoms with Crippen LogP contribution in [0.2, 0.25) is 0 Å². The predicted molar refractivity (Wildman–Crippen MR) is 84.8 cm³/mol. The summed E-state index contributed by atoms with van der Waals surface area (Å²) >= 11 is 5.33. The fourth-order valence-electron chi connectivity index (χ4n) is 2.05. The summed E-state index contributed by atoms with van der Waals surface area (Å²) in [6.45, 7) is 3.13. The van der Waals surface area contributed by atoms with E-state index >= 15 is 0 Å². The number of rotatable bonds is 6. The van der Waals surface area contributed by atoms with Gasteiger partial charge in [-0.2, -0.15) is 0 Å². The molecule has 0 spiro atoms. The van der Waals surface area contributed by atoms with E-state index in [0.717, 1.165) is 23.2 Å². The summed E-state index contributed by atoms with van der Waals surface area (Å²) in [6.07, 6.45) is 4.92. The summed E-state index contributed by atoms with van der Waals surface area (Å²) in [5.74, 6) is 0.940. The first kappa shape index (κ1) is 14.7. The third kappa shape index (κ3) is 3.44. The molecule has 2 aromatic rings. The summed E-state index contributed by atoms with van der Waals surface area (Å²) in [5.41, 5.74) is 1.26. The molecule has 102 valence electrons. The zero-order chi connectivity index (χ0) is 13.7. The molecule has 1 N–H and O–H groups in total. The maximum absolute atomic E-state index is 5.66. The van der Waals surface area contributed by atoms with E-state index < -0.39 is 0 Å². The first-order valence-electron chi connectivity index (χ1n) is 6.37. The van der Waals surface area contributed by atoms with Gasteiger partial charge in [0.1, 0.15) is 5.76 Å². The van der Waals surface area contributed by atoms with Crippen molar-refractivity contribution in [2.75, 3.05) is 12.8 Å². The van der Waals surface area contributed by atoms with Crippen LogP contribution in [0.3, 0.4) is 0 Å². The van der Waals surface area contributed by atoms with E-state index in [0.29, 0.717) is 0 Å². The lowest BCUT2D eigenvalue weighted by molar-refractivity contribution is 0.441. The molecule has 0 saturated heterocycles. The molecule has 4 heteroatoms. The SMILES string of the molecule is CCCNC(c1ccccc1SC)c1occc1Br. The minimum Gasteiger partial charge on any atom is -0.466 e. The molecule has 0 aliphatic carbocycles. The molecule has 1 atom stereocenters. The highest BCUT2D eigenvalue weighted by Crippen LogP contribution is 2.34. The fraction of sp³-hybridized carbons (Fsp3) is 0.333. The molecule has 0 bridgehead atoms. The van der Waals surface area contributed by atoms with Crippen LogP contribution in [0.5, 0.6) is 0 Å². The minimum absolute atomic E-state index is 0.0907. The Bertz CT molecular complexity index is 526. The molecule has 2 nitrogen and oxygen atoms in total. The van der Waals surface area contributed by atoms with Crippen LogP contribution in [0.4, 0.5) is 0 Å². The Morgan fingerprint density at radius 1 is 1.32 bits per heavy atom. The minimum atomic E-state index is 0.0907. The molecule has 0 fully saturated rings. The van der Waals surface area contributed by atoms with Gasteiger partial charge in [-0.3, -0.25) is 0 Å². The van der Waals surface area contributed by atoms with Crippen LogP contribution >= 0.6 is 27.7 Å². The van der Waals surface area contributed by atoms with Crippen molar-refractivity contribution in [1.82, 2.24) is 5.32 Å². The van der Waals surface area contributed by atoms with E-state index in [-0.39, 0.29) is 6.04 Å². The van der Waals surface area contributed by atoms with E-state index in [1.807, 2.05) is 6.07 Å². The lowest BCUT2D eigenvalue weighted by Crippen LogP contribution is -2.23. The molecule has 0 saturated carbocycles. The Balaban J connectivity index is 2.40. The van der Waals surface area contributed by atoms with Crippen molar-refractivity contribution < 1.29 is 4.42 Å². The summed E-state index contributed by atoms with van der Waals surface area (Å²) in [5, 5.41) is 3.57. The van der Waals surface area contributed by atoms with Gasteiger partial charge >= 0.3 is 0 Å². The van der Waals surface area contributed by atoms with Crippen molar-refractivity contribution in [3.63, 3.8) is 0 Å². The molecule has 0 aliphatic heterocycles.